The predicted octanol–water partition coefficient (Wildman–Crippen LogP) is 15.7. The number of unbranched alkanes of at least 4 members (excludes halogenated alkanes) is 36. The lowest BCUT2D eigenvalue weighted by atomic mass is 10.0. The van der Waals surface area contributed by atoms with Gasteiger partial charge in [-0.25, -0.2) is 4.57 Å². The van der Waals surface area contributed by atoms with Gasteiger partial charge in [0.05, 0.1) is 13.2 Å². The fourth-order valence-electron chi connectivity index (χ4n) is 7.91. The molecule has 0 aromatic rings. The lowest BCUT2D eigenvalue weighted by molar-refractivity contribution is -0.147. The zero-order valence-corrected chi connectivity index (χ0v) is 41.7. The van der Waals surface area contributed by atoms with Gasteiger partial charge in [-0.1, -0.05) is 238 Å². The number of phosphoric acid groups is 1. The molecule has 0 bridgehead atoms. The van der Waals surface area contributed by atoms with E-state index in [2.05, 4.69) is 31.3 Å². The normalized spacial score (nSPS) is 13.2. The van der Waals surface area contributed by atoms with Crippen LogP contribution in [0.25, 0.3) is 0 Å². The molecule has 0 saturated heterocycles. The number of nitrogens with one attached hydrogen (secondary N) is 1. The second kappa shape index (κ2) is 49.2. The number of hydrogen-bond acceptors (Lipinski definition) is 7. The minimum absolute atomic E-state index is 0.0857. The molecule has 10 heteroatoms. The van der Waals surface area contributed by atoms with Crippen molar-refractivity contribution in [3.63, 3.8) is 0 Å². The summed E-state index contributed by atoms with van der Waals surface area (Å²) < 4.78 is 27.0. The highest BCUT2D eigenvalue weighted by Gasteiger charge is 2.23. The molecule has 368 valence electrons. The van der Waals surface area contributed by atoms with Crippen molar-refractivity contribution in [3.8, 4) is 0 Å². The Kier molecular flexibility index (Phi) is 48.2. The largest absolute Gasteiger partial charge is 0.472 e. The van der Waals surface area contributed by atoms with Crippen molar-refractivity contribution in [2.45, 2.75) is 283 Å². The van der Waals surface area contributed by atoms with E-state index in [0.717, 1.165) is 38.5 Å². The Morgan fingerprint density at radius 3 is 1.21 bits per heavy atom. The van der Waals surface area contributed by atoms with Crippen molar-refractivity contribution in [3.05, 3.63) is 12.2 Å². The van der Waals surface area contributed by atoms with E-state index >= 15 is 0 Å². The van der Waals surface area contributed by atoms with E-state index in [1.807, 2.05) is 0 Å². The second-order valence-corrected chi connectivity index (χ2v) is 19.7. The summed E-state index contributed by atoms with van der Waals surface area (Å²) in [6.07, 6.45) is 54.4. The van der Waals surface area contributed by atoms with Gasteiger partial charge in [0.25, 0.3) is 0 Å². The molecule has 0 fully saturated rings. The van der Waals surface area contributed by atoms with Gasteiger partial charge in [-0.15, -0.1) is 0 Å². The molecule has 0 spiro atoms. The van der Waals surface area contributed by atoms with Gasteiger partial charge >= 0.3 is 13.8 Å². The summed E-state index contributed by atoms with van der Waals surface area (Å²) in [5.74, 6) is -0.502. The average Bonchev–Trinajstić information content (AvgIpc) is 3.26. The first-order valence-corrected chi connectivity index (χ1v) is 28.2. The van der Waals surface area contributed by atoms with Gasteiger partial charge in [-0.2, -0.15) is 0 Å². The molecule has 0 heterocycles. The highest BCUT2D eigenvalue weighted by Crippen LogP contribution is 2.42. The van der Waals surface area contributed by atoms with Gasteiger partial charge in [-0.3, -0.25) is 18.6 Å². The van der Waals surface area contributed by atoms with Crippen LogP contribution in [0.4, 0.5) is 0 Å². The first-order valence-electron chi connectivity index (χ1n) is 26.7. The minimum Gasteiger partial charge on any atom is -0.463 e. The molecule has 0 aromatic heterocycles. The molecule has 1 amide bonds. The topological polar surface area (TPSA) is 131 Å². The molecule has 9 nitrogen and oxygen atoms in total. The number of ether oxygens (including phenoxy) is 1. The number of amides is 1. The van der Waals surface area contributed by atoms with Crippen LogP contribution in [0.3, 0.4) is 0 Å². The van der Waals surface area contributed by atoms with Crippen LogP contribution in [0.15, 0.2) is 12.2 Å². The van der Waals surface area contributed by atoms with E-state index in [-0.39, 0.29) is 32.1 Å². The Morgan fingerprint density at radius 2 is 0.823 bits per heavy atom. The van der Waals surface area contributed by atoms with Gasteiger partial charge in [-0.05, 0) is 38.5 Å². The number of phosphoric ester groups is 1. The van der Waals surface area contributed by atoms with Crippen molar-refractivity contribution < 1.29 is 37.9 Å². The van der Waals surface area contributed by atoms with Gasteiger partial charge < -0.3 is 20.1 Å². The smallest absolute Gasteiger partial charge is 0.463 e. The highest BCUT2D eigenvalue weighted by molar-refractivity contribution is 7.47. The third-order valence-corrected chi connectivity index (χ3v) is 12.9. The number of hydrogen-bond donors (Lipinski definition) is 3. The summed E-state index contributed by atoms with van der Waals surface area (Å²) in [6, 6.07) is 0. The van der Waals surface area contributed by atoms with E-state index in [9.17, 15) is 24.2 Å². The zero-order chi connectivity index (χ0) is 45.3. The van der Waals surface area contributed by atoms with Crippen molar-refractivity contribution in [1.29, 1.82) is 0 Å². The molecule has 2 atom stereocenters. The van der Waals surface area contributed by atoms with Gasteiger partial charge in [0, 0.05) is 19.4 Å². The third-order valence-electron chi connectivity index (χ3n) is 11.9. The molecule has 0 aliphatic carbocycles. The maximum Gasteiger partial charge on any atom is 0.472 e. The number of allylic oxidation sites excluding steroid dienone is 2. The quantitative estimate of drug-likeness (QED) is 0.0238. The Hall–Kier alpha value is -1.25. The monoisotopic (exact) mass is 900 g/mol. The fourth-order valence-corrected chi connectivity index (χ4v) is 8.67. The third kappa shape index (κ3) is 49.8. The van der Waals surface area contributed by atoms with Crippen molar-refractivity contribution in [2.75, 3.05) is 26.4 Å². The van der Waals surface area contributed by atoms with Crippen LogP contribution in [0.1, 0.15) is 277 Å². The molecule has 3 N–H and O–H groups in total. The molecule has 0 aliphatic heterocycles. The SMILES string of the molecule is CCCCCCCC/C=C/CCCCCCCCCCCCCC(=O)NCCOP(=O)(O)OCC(O)COC(=O)CCCCCCCCCCCCCCCCCCCCCC. The Morgan fingerprint density at radius 1 is 0.484 bits per heavy atom. The summed E-state index contributed by atoms with van der Waals surface area (Å²) >= 11 is 0. The predicted molar refractivity (Wildman–Crippen MR) is 261 cm³/mol. The average molecular weight is 900 g/mol. The molecular weight excluding hydrogens is 798 g/mol. The first kappa shape index (κ1) is 60.8. The molecule has 0 aromatic carbocycles. The van der Waals surface area contributed by atoms with Crippen LogP contribution < -0.4 is 5.32 Å². The number of rotatable bonds is 51. The van der Waals surface area contributed by atoms with E-state index in [1.165, 1.54) is 212 Å². The maximum absolute atomic E-state index is 12.2. The van der Waals surface area contributed by atoms with E-state index < -0.39 is 26.5 Å². The molecule has 2 unspecified atom stereocenters. The van der Waals surface area contributed by atoms with E-state index in [0.29, 0.717) is 6.42 Å². The molecule has 62 heavy (non-hydrogen) atoms. The zero-order valence-electron chi connectivity index (χ0n) is 40.8. The lowest BCUT2D eigenvalue weighted by Crippen LogP contribution is -2.27. The number of carbonyl (C=O) groups excluding carboxylic acids is 2. The molecule has 0 rings (SSSR count). The molecular formula is C52H102NO8P. The summed E-state index contributed by atoms with van der Waals surface area (Å²) in [6.45, 7) is 3.61. The second-order valence-electron chi connectivity index (χ2n) is 18.2. The summed E-state index contributed by atoms with van der Waals surface area (Å²) in [5, 5.41) is 12.8. The first-order chi connectivity index (χ1) is 30.3. The number of esters is 1. The Bertz CT molecular complexity index is 1030. The highest BCUT2D eigenvalue weighted by atomic mass is 31.2. The lowest BCUT2D eigenvalue weighted by Gasteiger charge is -2.15. The van der Waals surface area contributed by atoms with Crippen LogP contribution in [0, 0.1) is 0 Å². The van der Waals surface area contributed by atoms with Crippen LogP contribution in [0.5, 0.6) is 0 Å². The van der Waals surface area contributed by atoms with Crippen LogP contribution in [-0.2, 0) is 27.9 Å². The van der Waals surface area contributed by atoms with Crippen LogP contribution in [0.2, 0.25) is 0 Å². The standard InChI is InChI=1S/C52H102NO8P/c1-3-5-7-9-11-13-15-17-19-21-23-25-26-28-30-32-34-36-38-40-42-44-51(55)53-46-47-60-62(57,58)61-49-50(54)48-59-52(56)45-43-41-39-37-35-33-31-29-27-24-22-20-18-16-14-12-10-8-6-4-2/h17,19,50,54H,3-16,18,20-49H2,1-2H3,(H,53,55)(H,57,58)/b19-17+. The molecule has 0 saturated carbocycles. The maximum atomic E-state index is 12.2. The van der Waals surface area contributed by atoms with Gasteiger partial charge in [0.15, 0.2) is 0 Å². The van der Waals surface area contributed by atoms with Gasteiger partial charge in [0.1, 0.15) is 12.7 Å². The van der Waals surface area contributed by atoms with E-state index in [1.54, 1.807) is 0 Å². The van der Waals surface area contributed by atoms with Crippen molar-refractivity contribution >= 4 is 19.7 Å². The number of aliphatic hydroxyl groups is 1. The number of carbonyl (C=O) groups is 2. The van der Waals surface area contributed by atoms with E-state index in [4.69, 9.17) is 13.8 Å². The minimum atomic E-state index is -4.42. The summed E-state index contributed by atoms with van der Waals surface area (Å²) in [5.41, 5.74) is 0. The Balaban J connectivity index is 3.51. The fraction of sp³-hybridized carbons (Fsp3) is 0.923. The molecule has 0 aliphatic rings. The molecule has 0 radical (unpaired) electrons. The van der Waals surface area contributed by atoms with Crippen molar-refractivity contribution in [1.82, 2.24) is 5.32 Å². The van der Waals surface area contributed by atoms with Crippen LogP contribution in [-0.4, -0.2) is 54.3 Å². The van der Waals surface area contributed by atoms with Crippen molar-refractivity contribution in [2.24, 2.45) is 0 Å². The number of aliphatic hydroxyl groups excluding tert-OH is 1. The van der Waals surface area contributed by atoms with Crippen LogP contribution >= 0.6 is 7.82 Å². The van der Waals surface area contributed by atoms with Gasteiger partial charge in [0.2, 0.25) is 5.91 Å². The summed E-state index contributed by atoms with van der Waals surface area (Å²) in [4.78, 5) is 34.1. The Labute approximate surface area is 383 Å². The summed E-state index contributed by atoms with van der Waals surface area (Å²) in [7, 11) is -4.42.